The first-order valence-corrected chi connectivity index (χ1v) is 7.86. The summed E-state index contributed by atoms with van der Waals surface area (Å²) < 4.78 is 0. The van der Waals surface area contributed by atoms with Crippen molar-refractivity contribution < 1.29 is 4.79 Å². The second-order valence-corrected chi connectivity index (χ2v) is 5.87. The zero-order valence-electron chi connectivity index (χ0n) is 12.0. The van der Waals surface area contributed by atoms with E-state index < -0.39 is 0 Å². The molecule has 1 aliphatic rings. The maximum Gasteiger partial charge on any atom is 0.252 e. The van der Waals surface area contributed by atoms with Gasteiger partial charge >= 0.3 is 0 Å². The lowest BCUT2D eigenvalue weighted by molar-refractivity contribution is 0.0963. The van der Waals surface area contributed by atoms with Gasteiger partial charge in [0.1, 0.15) is 0 Å². The minimum atomic E-state index is -0.142. The highest BCUT2D eigenvalue weighted by molar-refractivity contribution is 6.34. The first-order chi connectivity index (χ1) is 9.70. The maximum atomic E-state index is 11.8. The van der Waals surface area contributed by atoms with Gasteiger partial charge in [0.2, 0.25) is 0 Å². The van der Waals surface area contributed by atoms with Crippen LogP contribution in [0.25, 0.3) is 0 Å². The largest absolute Gasteiger partial charge is 0.382 e. The standard InChI is InChI=1S/C16H23ClN2O/c1-18-16(20)14-11-13(9-10-15(14)17)19-12-7-5-3-2-4-6-8-12/h9-12,19H,2-8H2,1H3,(H,18,20). The van der Waals surface area contributed by atoms with E-state index in [0.29, 0.717) is 16.6 Å². The third-order valence-electron chi connectivity index (χ3n) is 3.91. The van der Waals surface area contributed by atoms with Gasteiger partial charge in [-0.25, -0.2) is 0 Å². The molecule has 0 radical (unpaired) electrons. The van der Waals surface area contributed by atoms with Crippen molar-refractivity contribution in [2.24, 2.45) is 0 Å². The van der Waals surface area contributed by atoms with E-state index in [2.05, 4.69) is 10.6 Å². The monoisotopic (exact) mass is 294 g/mol. The lowest BCUT2D eigenvalue weighted by atomic mass is 9.96. The summed E-state index contributed by atoms with van der Waals surface area (Å²) >= 11 is 6.07. The van der Waals surface area contributed by atoms with Crippen molar-refractivity contribution in [1.82, 2.24) is 5.32 Å². The molecule has 1 amide bonds. The summed E-state index contributed by atoms with van der Waals surface area (Å²) in [7, 11) is 1.62. The Balaban J connectivity index is 2.06. The van der Waals surface area contributed by atoms with E-state index in [1.54, 1.807) is 13.1 Å². The van der Waals surface area contributed by atoms with E-state index in [-0.39, 0.29) is 5.91 Å². The van der Waals surface area contributed by atoms with Gasteiger partial charge in [-0.15, -0.1) is 0 Å². The second kappa shape index (κ2) is 7.53. The van der Waals surface area contributed by atoms with Crippen LogP contribution < -0.4 is 10.6 Å². The van der Waals surface area contributed by atoms with Gasteiger partial charge in [0, 0.05) is 18.8 Å². The molecule has 2 N–H and O–H groups in total. The highest BCUT2D eigenvalue weighted by atomic mass is 35.5. The molecule has 1 aromatic carbocycles. The van der Waals surface area contributed by atoms with E-state index in [0.717, 1.165) is 5.69 Å². The van der Waals surface area contributed by atoms with Crippen molar-refractivity contribution in [2.45, 2.75) is 51.0 Å². The number of hydrogen-bond acceptors (Lipinski definition) is 2. The Morgan fingerprint density at radius 3 is 2.45 bits per heavy atom. The number of nitrogens with one attached hydrogen (secondary N) is 2. The van der Waals surface area contributed by atoms with Crippen LogP contribution in [0.3, 0.4) is 0 Å². The second-order valence-electron chi connectivity index (χ2n) is 5.46. The smallest absolute Gasteiger partial charge is 0.252 e. The molecule has 110 valence electrons. The van der Waals surface area contributed by atoms with Crippen LogP contribution in [0.15, 0.2) is 18.2 Å². The maximum absolute atomic E-state index is 11.8. The molecule has 1 aromatic rings. The zero-order valence-corrected chi connectivity index (χ0v) is 12.8. The van der Waals surface area contributed by atoms with Gasteiger partial charge in [0.05, 0.1) is 10.6 Å². The minimum Gasteiger partial charge on any atom is -0.382 e. The molecule has 20 heavy (non-hydrogen) atoms. The zero-order chi connectivity index (χ0) is 14.4. The lowest BCUT2D eigenvalue weighted by Crippen LogP contribution is -2.22. The number of anilines is 1. The molecule has 3 nitrogen and oxygen atoms in total. The lowest BCUT2D eigenvalue weighted by Gasteiger charge is -2.22. The van der Waals surface area contributed by atoms with Gasteiger partial charge in [-0.1, -0.05) is 43.7 Å². The average molecular weight is 295 g/mol. The molecule has 4 heteroatoms. The first-order valence-electron chi connectivity index (χ1n) is 7.49. The van der Waals surface area contributed by atoms with Crippen LogP contribution in [0.4, 0.5) is 5.69 Å². The van der Waals surface area contributed by atoms with E-state index in [9.17, 15) is 4.79 Å². The van der Waals surface area contributed by atoms with Crippen molar-refractivity contribution in [3.05, 3.63) is 28.8 Å². The highest BCUT2D eigenvalue weighted by Gasteiger charge is 2.13. The molecule has 0 unspecified atom stereocenters. The molecule has 0 bridgehead atoms. The topological polar surface area (TPSA) is 41.1 Å². The predicted molar refractivity (Wildman–Crippen MR) is 84.6 cm³/mol. The van der Waals surface area contributed by atoms with Crippen LogP contribution in [0.1, 0.15) is 55.3 Å². The number of benzene rings is 1. The number of carbonyl (C=O) groups excluding carboxylic acids is 1. The summed E-state index contributed by atoms with van der Waals surface area (Å²) in [6.45, 7) is 0. The Hall–Kier alpha value is -1.22. The van der Waals surface area contributed by atoms with Crippen LogP contribution in [0.5, 0.6) is 0 Å². The quantitative estimate of drug-likeness (QED) is 0.876. The normalized spacial score (nSPS) is 17.1. The van der Waals surface area contributed by atoms with Crippen LogP contribution in [0, 0.1) is 0 Å². The SMILES string of the molecule is CNC(=O)c1cc(NC2CCCCCCC2)ccc1Cl. The van der Waals surface area contributed by atoms with Crippen LogP contribution >= 0.6 is 11.6 Å². The van der Waals surface area contributed by atoms with Crippen molar-refractivity contribution in [3.8, 4) is 0 Å². The van der Waals surface area contributed by atoms with Gasteiger partial charge < -0.3 is 10.6 Å². The molecule has 0 saturated heterocycles. The number of carbonyl (C=O) groups is 1. The molecule has 0 aromatic heterocycles. The van der Waals surface area contributed by atoms with E-state index >= 15 is 0 Å². The third-order valence-corrected chi connectivity index (χ3v) is 4.24. The molecule has 0 spiro atoms. The van der Waals surface area contributed by atoms with Gasteiger partial charge in [0.15, 0.2) is 0 Å². The highest BCUT2D eigenvalue weighted by Crippen LogP contribution is 2.24. The molecule has 1 aliphatic carbocycles. The van der Waals surface area contributed by atoms with E-state index in [4.69, 9.17) is 11.6 Å². The molecule has 2 rings (SSSR count). The number of halogens is 1. The van der Waals surface area contributed by atoms with E-state index in [1.807, 2.05) is 12.1 Å². The summed E-state index contributed by atoms with van der Waals surface area (Å²) in [5.74, 6) is -0.142. The summed E-state index contributed by atoms with van der Waals surface area (Å²) in [6, 6.07) is 6.10. The van der Waals surface area contributed by atoms with Gasteiger partial charge in [-0.3, -0.25) is 4.79 Å². The van der Waals surface area contributed by atoms with Crippen LogP contribution in [0.2, 0.25) is 5.02 Å². The Kier molecular flexibility index (Phi) is 5.72. The fraction of sp³-hybridized carbons (Fsp3) is 0.562. The molecule has 0 heterocycles. The van der Waals surface area contributed by atoms with Crippen LogP contribution in [-0.2, 0) is 0 Å². The Bertz CT molecular complexity index is 454. The Morgan fingerprint density at radius 2 is 1.80 bits per heavy atom. The molecule has 0 aliphatic heterocycles. The van der Waals surface area contributed by atoms with Crippen molar-refractivity contribution in [2.75, 3.05) is 12.4 Å². The third kappa shape index (κ3) is 4.14. The molecule has 1 saturated carbocycles. The molecule has 0 atom stereocenters. The number of hydrogen-bond donors (Lipinski definition) is 2. The van der Waals surface area contributed by atoms with Crippen molar-refractivity contribution in [3.63, 3.8) is 0 Å². The fourth-order valence-corrected chi connectivity index (χ4v) is 2.96. The fourth-order valence-electron chi connectivity index (χ4n) is 2.76. The van der Waals surface area contributed by atoms with Gasteiger partial charge in [-0.2, -0.15) is 0 Å². The molecular weight excluding hydrogens is 272 g/mol. The average Bonchev–Trinajstić information content (AvgIpc) is 2.42. The molecular formula is C16H23ClN2O. The summed E-state index contributed by atoms with van der Waals surface area (Å²) in [4.78, 5) is 11.8. The summed E-state index contributed by atoms with van der Waals surface area (Å²) in [6.07, 6.45) is 9.02. The summed E-state index contributed by atoms with van der Waals surface area (Å²) in [5.41, 5.74) is 1.52. The Morgan fingerprint density at radius 1 is 1.15 bits per heavy atom. The Labute approximate surface area is 126 Å². The van der Waals surface area contributed by atoms with Gasteiger partial charge in [0.25, 0.3) is 5.91 Å². The van der Waals surface area contributed by atoms with Gasteiger partial charge in [-0.05, 0) is 31.0 Å². The molecule has 1 fully saturated rings. The van der Waals surface area contributed by atoms with Crippen molar-refractivity contribution >= 4 is 23.2 Å². The first kappa shape index (κ1) is 15.2. The number of amides is 1. The van der Waals surface area contributed by atoms with Crippen LogP contribution in [-0.4, -0.2) is 19.0 Å². The minimum absolute atomic E-state index is 0.142. The summed E-state index contributed by atoms with van der Waals surface area (Å²) in [5, 5.41) is 6.67. The predicted octanol–water partition coefficient (Wildman–Crippen LogP) is 4.22. The van der Waals surface area contributed by atoms with Crippen molar-refractivity contribution in [1.29, 1.82) is 0 Å². The van der Waals surface area contributed by atoms with E-state index in [1.165, 1.54) is 44.9 Å². The number of rotatable bonds is 3.